The highest BCUT2D eigenvalue weighted by Gasteiger charge is 2.09. The molecular weight excluding hydrogens is 232 g/mol. The van der Waals surface area contributed by atoms with Crippen molar-refractivity contribution in [3.63, 3.8) is 0 Å². The summed E-state index contributed by atoms with van der Waals surface area (Å²) in [7, 11) is 3.57. The number of hydrogen-bond acceptors (Lipinski definition) is 5. The molecule has 0 radical (unpaired) electrons. The third-order valence-corrected chi connectivity index (χ3v) is 2.63. The maximum absolute atomic E-state index is 5.67. The summed E-state index contributed by atoms with van der Waals surface area (Å²) in [6.07, 6.45) is 4.24. The Kier molecular flexibility index (Phi) is 4.49. The van der Waals surface area contributed by atoms with E-state index in [9.17, 15) is 0 Å². The smallest absolute Gasteiger partial charge is 0.196 e. The molecule has 0 spiro atoms. The van der Waals surface area contributed by atoms with Gasteiger partial charge in [0.1, 0.15) is 5.69 Å². The quantitative estimate of drug-likeness (QED) is 0.738. The van der Waals surface area contributed by atoms with Gasteiger partial charge in [0.25, 0.3) is 0 Å². The number of aryl methyl sites for hydroxylation is 1. The highest BCUT2D eigenvalue weighted by atomic mass is 16.5. The van der Waals surface area contributed by atoms with E-state index in [2.05, 4.69) is 15.4 Å². The van der Waals surface area contributed by atoms with Crippen LogP contribution >= 0.6 is 0 Å². The number of oxazole rings is 1. The van der Waals surface area contributed by atoms with Crippen molar-refractivity contribution in [1.82, 2.24) is 20.1 Å². The van der Waals surface area contributed by atoms with Crippen molar-refractivity contribution < 1.29 is 9.15 Å². The van der Waals surface area contributed by atoms with Crippen LogP contribution in [0.15, 0.2) is 22.9 Å². The molecule has 98 valence electrons. The fourth-order valence-electron chi connectivity index (χ4n) is 1.65. The molecule has 0 unspecified atom stereocenters. The Labute approximate surface area is 106 Å². The second kappa shape index (κ2) is 6.32. The molecule has 2 rings (SSSR count). The lowest BCUT2D eigenvalue weighted by atomic mass is 10.3. The van der Waals surface area contributed by atoms with Crippen LogP contribution in [-0.4, -0.2) is 41.6 Å². The Morgan fingerprint density at radius 2 is 2.33 bits per heavy atom. The highest BCUT2D eigenvalue weighted by Crippen LogP contribution is 2.18. The van der Waals surface area contributed by atoms with Crippen LogP contribution in [-0.2, 0) is 18.2 Å². The van der Waals surface area contributed by atoms with Crippen molar-refractivity contribution >= 4 is 0 Å². The summed E-state index contributed by atoms with van der Waals surface area (Å²) in [5, 5.41) is 7.35. The monoisotopic (exact) mass is 250 g/mol. The zero-order chi connectivity index (χ0) is 12.8. The summed E-state index contributed by atoms with van der Waals surface area (Å²) in [6.45, 7) is 2.38. The highest BCUT2D eigenvalue weighted by molar-refractivity contribution is 5.50. The molecule has 6 heteroatoms. The summed E-state index contributed by atoms with van der Waals surface area (Å²) < 4.78 is 12.4. The third kappa shape index (κ3) is 3.18. The number of aromatic nitrogens is 3. The average molecular weight is 250 g/mol. The Morgan fingerprint density at radius 3 is 3.06 bits per heavy atom. The summed E-state index contributed by atoms with van der Waals surface area (Å²) in [5.74, 6) is 1.48. The van der Waals surface area contributed by atoms with Gasteiger partial charge in [-0.25, -0.2) is 4.98 Å². The van der Waals surface area contributed by atoms with Crippen molar-refractivity contribution in [2.24, 2.45) is 7.05 Å². The molecule has 0 aliphatic heterocycles. The van der Waals surface area contributed by atoms with Gasteiger partial charge in [-0.05, 0) is 6.07 Å². The minimum Gasteiger partial charge on any atom is -0.439 e. The van der Waals surface area contributed by atoms with E-state index >= 15 is 0 Å². The SMILES string of the molecule is COCCNCCc1ncc(-c2ccnn2C)o1. The number of hydrogen-bond donors (Lipinski definition) is 1. The lowest BCUT2D eigenvalue weighted by molar-refractivity contribution is 0.199. The predicted octanol–water partition coefficient (Wildman–Crippen LogP) is 0.854. The van der Waals surface area contributed by atoms with Gasteiger partial charge in [-0.15, -0.1) is 0 Å². The topological polar surface area (TPSA) is 65.1 Å². The fourth-order valence-corrected chi connectivity index (χ4v) is 1.65. The predicted molar refractivity (Wildman–Crippen MR) is 67.2 cm³/mol. The Hall–Kier alpha value is -1.66. The Balaban J connectivity index is 1.85. The zero-order valence-electron chi connectivity index (χ0n) is 10.7. The number of ether oxygens (including phenoxy) is 1. The molecule has 0 saturated carbocycles. The van der Waals surface area contributed by atoms with Crippen molar-refractivity contribution in [2.75, 3.05) is 26.8 Å². The second-order valence-electron chi connectivity index (χ2n) is 3.95. The van der Waals surface area contributed by atoms with Gasteiger partial charge in [-0.3, -0.25) is 4.68 Å². The van der Waals surface area contributed by atoms with E-state index in [4.69, 9.17) is 9.15 Å². The van der Waals surface area contributed by atoms with Crippen LogP contribution in [0.5, 0.6) is 0 Å². The van der Waals surface area contributed by atoms with Gasteiger partial charge in [-0.1, -0.05) is 0 Å². The van der Waals surface area contributed by atoms with Gasteiger partial charge in [0, 0.05) is 39.9 Å². The van der Waals surface area contributed by atoms with Gasteiger partial charge in [0.15, 0.2) is 11.7 Å². The number of rotatable bonds is 7. The average Bonchev–Trinajstić information content (AvgIpc) is 2.97. The van der Waals surface area contributed by atoms with Crippen LogP contribution in [0, 0.1) is 0 Å². The molecule has 0 aromatic carbocycles. The van der Waals surface area contributed by atoms with Gasteiger partial charge in [-0.2, -0.15) is 5.10 Å². The first-order valence-corrected chi connectivity index (χ1v) is 5.94. The molecule has 0 bridgehead atoms. The molecule has 2 heterocycles. The molecule has 6 nitrogen and oxygen atoms in total. The molecule has 18 heavy (non-hydrogen) atoms. The minimum atomic E-state index is 0.714. The van der Waals surface area contributed by atoms with Crippen LogP contribution in [0.1, 0.15) is 5.89 Å². The molecule has 2 aromatic rings. The van der Waals surface area contributed by atoms with E-state index in [0.717, 1.165) is 36.9 Å². The number of nitrogens with zero attached hydrogens (tertiary/aromatic N) is 3. The van der Waals surface area contributed by atoms with E-state index < -0.39 is 0 Å². The molecule has 2 aromatic heterocycles. The lowest BCUT2D eigenvalue weighted by Gasteiger charge is -2.01. The van der Waals surface area contributed by atoms with Crippen LogP contribution in [0.25, 0.3) is 11.5 Å². The standard InChI is InChI=1S/C12H18N4O2/c1-16-10(3-6-15-16)11-9-14-12(18-11)4-5-13-7-8-17-2/h3,6,9,13H,4-5,7-8H2,1-2H3. The van der Waals surface area contributed by atoms with Crippen molar-refractivity contribution in [1.29, 1.82) is 0 Å². The summed E-state index contributed by atoms with van der Waals surface area (Å²) in [6, 6.07) is 1.90. The maximum Gasteiger partial charge on any atom is 0.196 e. The van der Waals surface area contributed by atoms with Gasteiger partial charge in [0.05, 0.1) is 12.8 Å². The minimum absolute atomic E-state index is 0.714. The van der Waals surface area contributed by atoms with Crippen molar-refractivity contribution in [3.8, 4) is 11.5 Å². The first-order valence-electron chi connectivity index (χ1n) is 5.94. The van der Waals surface area contributed by atoms with E-state index in [1.807, 2.05) is 13.1 Å². The molecule has 0 aliphatic carbocycles. The zero-order valence-corrected chi connectivity index (χ0v) is 10.7. The lowest BCUT2D eigenvalue weighted by Crippen LogP contribution is -2.21. The molecule has 0 fully saturated rings. The summed E-state index contributed by atoms with van der Waals surface area (Å²) in [5.41, 5.74) is 0.932. The van der Waals surface area contributed by atoms with Crippen LogP contribution in [0.3, 0.4) is 0 Å². The van der Waals surface area contributed by atoms with E-state index in [1.165, 1.54) is 0 Å². The molecule has 0 atom stereocenters. The molecule has 0 saturated heterocycles. The van der Waals surface area contributed by atoms with Crippen molar-refractivity contribution in [2.45, 2.75) is 6.42 Å². The molecular formula is C12H18N4O2. The second-order valence-corrected chi connectivity index (χ2v) is 3.95. The number of methoxy groups -OCH3 is 1. The van der Waals surface area contributed by atoms with Crippen molar-refractivity contribution in [3.05, 3.63) is 24.4 Å². The van der Waals surface area contributed by atoms with Gasteiger partial charge >= 0.3 is 0 Å². The van der Waals surface area contributed by atoms with E-state index in [0.29, 0.717) is 6.61 Å². The summed E-state index contributed by atoms with van der Waals surface area (Å²) >= 11 is 0. The first-order chi connectivity index (χ1) is 8.81. The Bertz CT molecular complexity index is 478. The first kappa shape index (κ1) is 12.8. The summed E-state index contributed by atoms with van der Waals surface area (Å²) in [4.78, 5) is 4.25. The van der Waals surface area contributed by atoms with Crippen LogP contribution in [0.4, 0.5) is 0 Å². The van der Waals surface area contributed by atoms with Crippen LogP contribution in [0.2, 0.25) is 0 Å². The fraction of sp³-hybridized carbons (Fsp3) is 0.500. The third-order valence-electron chi connectivity index (χ3n) is 2.63. The van der Waals surface area contributed by atoms with Crippen LogP contribution < -0.4 is 5.32 Å². The molecule has 0 aliphatic rings. The maximum atomic E-state index is 5.67. The normalized spacial score (nSPS) is 11.0. The number of nitrogens with one attached hydrogen (secondary N) is 1. The van der Waals surface area contributed by atoms with Gasteiger partial charge < -0.3 is 14.5 Å². The molecule has 1 N–H and O–H groups in total. The van der Waals surface area contributed by atoms with E-state index in [1.54, 1.807) is 24.2 Å². The Morgan fingerprint density at radius 1 is 1.44 bits per heavy atom. The van der Waals surface area contributed by atoms with E-state index in [-0.39, 0.29) is 0 Å². The molecule has 0 amide bonds. The van der Waals surface area contributed by atoms with Gasteiger partial charge in [0.2, 0.25) is 0 Å². The largest absolute Gasteiger partial charge is 0.439 e.